The number of fused-ring (bicyclic) bond motifs is 2. The minimum atomic E-state index is -0.461. The zero-order chi connectivity index (χ0) is 17.5. The lowest BCUT2D eigenvalue weighted by atomic mass is 10.1. The first kappa shape index (κ1) is 17.3. The topological polar surface area (TPSA) is 71.7 Å². The molecule has 0 radical (unpaired) electrons. The van der Waals surface area contributed by atoms with E-state index in [0.717, 1.165) is 38.0 Å². The van der Waals surface area contributed by atoms with Crippen LogP contribution in [0, 0.1) is 0 Å². The van der Waals surface area contributed by atoms with Crippen molar-refractivity contribution in [2.24, 2.45) is 0 Å². The second-order valence-electron chi connectivity index (χ2n) is 7.65. The van der Waals surface area contributed by atoms with Crippen LogP contribution in [-0.4, -0.2) is 51.7 Å². The van der Waals surface area contributed by atoms with Crippen LogP contribution in [0.15, 0.2) is 12.1 Å². The van der Waals surface area contributed by atoms with Crippen molar-refractivity contribution < 1.29 is 9.53 Å². The largest absolute Gasteiger partial charge is 0.444 e. The SMILES string of the molecule is CC(C)(C)OC(=O)N1C2CCC1CN(Cc1ccc(Cl)nc1N)C2. The molecule has 2 aliphatic rings. The molecule has 132 valence electrons. The molecule has 6 nitrogen and oxygen atoms in total. The van der Waals surface area contributed by atoms with Crippen molar-refractivity contribution in [3.8, 4) is 0 Å². The minimum absolute atomic E-state index is 0.192. The molecule has 3 rings (SSSR count). The van der Waals surface area contributed by atoms with Crippen molar-refractivity contribution in [3.05, 3.63) is 22.8 Å². The lowest BCUT2D eigenvalue weighted by molar-refractivity contribution is -0.00541. The molecule has 3 heterocycles. The van der Waals surface area contributed by atoms with Crippen LogP contribution in [0.4, 0.5) is 10.6 Å². The van der Waals surface area contributed by atoms with E-state index >= 15 is 0 Å². The number of aromatic nitrogens is 1. The third-order valence-corrected chi connectivity index (χ3v) is 4.74. The van der Waals surface area contributed by atoms with Gasteiger partial charge in [0.1, 0.15) is 16.6 Å². The number of likely N-dealkylation sites (tertiary alicyclic amines) is 1. The number of nitrogens with zero attached hydrogens (tertiary/aromatic N) is 3. The number of hydrogen-bond acceptors (Lipinski definition) is 5. The molecule has 0 spiro atoms. The van der Waals surface area contributed by atoms with Gasteiger partial charge < -0.3 is 10.5 Å². The highest BCUT2D eigenvalue weighted by atomic mass is 35.5. The van der Waals surface area contributed by atoms with Crippen LogP contribution in [0.3, 0.4) is 0 Å². The number of carbonyl (C=O) groups is 1. The van der Waals surface area contributed by atoms with Crippen LogP contribution in [0.1, 0.15) is 39.2 Å². The number of piperazine rings is 1. The average molecular weight is 353 g/mol. The van der Waals surface area contributed by atoms with Gasteiger partial charge in [0.15, 0.2) is 0 Å². The summed E-state index contributed by atoms with van der Waals surface area (Å²) < 4.78 is 5.57. The molecule has 2 N–H and O–H groups in total. The fourth-order valence-corrected chi connectivity index (χ4v) is 3.74. The Bertz CT molecular complexity index is 618. The molecule has 2 fully saturated rings. The van der Waals surface area contributed by atoms with Gasteiger partial charge in [-0.25, -0.2) is 9.78 Å². The summed E-state index contributed by atoms with van der Waals surface area (Å²) in [4.78, 5) is 20.9. The molecule has 2 unspecified atom stereocenters. The van der Waals surface area contributed by atoms with Crippen LogP contribution in [0.2, 0.25) is 5.15 Å². The highest BCUT2D eigenvalue weighted by Crippen LogP contribution is 2.32. The van der Waals surface area contributed by atoms with Crippen LogP contribution in [0.5, 0.6) is 0 Å². The molecule has 2 saturated heterocycles. The number of amides is 1. The van der Waals surface area contributed by atoms with Gasteiger partial charge in [-0.3, -0.25) is 9.80 Å². The Kier molecular flexibility index (Phi) is 4.62. The Hall–Kier alpha value is -1.53. The van der Waals surface area contributed by atoms with Gasteiger partial charge in [-0.1, -0.05) is 17.7 Å². The second kappa shape index (κ2) is 6.41. The molecule has 1 amide bonds. The first-order valence-electron chi connectivity index (χ1n) is 8.37. The van der Waals surface area contributed by atoms with Crippen molar-refractivity contribution in [2.75, 3.05) is 18.8 Å². The summed E-state index contributed by atoms with van der Waals surface area (Å²) in [5.41, 5.74) is 6.48. The minimum Gasteiger partial charge on any atom is -0.444 e. The number of nitrogens with two attached hydrogens (primary N) is 1. The molecule has 0 aromatic carbocycles. The predicted octanol–water partition coefficient (Wildman–Crippen LogP) is 2.90. The normalized spacial score (nSPS) is 24.2. The van der Waals surface area contributed by atoms with E-state index in [2.05, 4.69) is 9.88 Å². The number of pyridine rings is 1. The number of halogens is 1. The summed E-state index contributed by atoms with van der Waals surface area (Å²) in [7, 11) is 0. The van der Waals surface area contributed by atoms with Gasteiger partial charge in [-0.2, -0.15) is 0 Å². The Morgan fingerprint density at radius 1 is 1.33 bits per heavy atom. The number of nitrogen functional groups attached to an aromatic ring is 1. The smallest absolute Gasteiger partial charge is 0.410 e. The van der Waals surface area contributed by atoms with E-state index in [1.54, 1.807) is 6.07 Å². The van der Waals surface area contributed by atoms with E-state index in [1.165, 1.54) is 0 Å². The van der Waals surface area contributed by atoms with E-state index in [0.29, 0.717) is 11.0 Å². The second-order valence-corrected chi connectivity index (χ2v) is 8.03. The van der Waals surface area contributed by atoms with Gasteiger partial charge in [0, 0.05) is 37.3 Å². The first-order chi connectivity index (χ1) is 11.2. The van der Waals surface area contributed by atoms with Gasteiger partial charge in [-0.15, -0.1) is 0 Å². The standard InChI is InChI=1S/C17H25ClN4O2/c1-17(2,3)24-16(23)22-12-5-6-13(22)10-21(9-12)8-11-4-7-14(18)20-15(11)19/h4,7,12-13H,5-6,8-10H2,1-3H3,(H2,19,20). The summed E-state index contributed by atoms with van der Waals surface area (Å²) in [6.07, 6.45) is 1.85. The van der Waals surface area contributed by atoms with Gasteiger partial charge >= 0.3 is 6.09 Å². The van der Waals surface area contributed by atoms with Crippen molar-refractivity contribution in [3.63, 3.8) is 0 Å². The predicted molar refractivity (Wildman–Crippen MR) is 93.8 cm³/mol. The molecule has 0 aliphatic carbocycles. The molecular weight excluding hydrogens is 328 g/mol. The van der Waals surface area contributed by atoms with E-state index in [9.17, 15) is 4.79 Å². The average Bonchev–Trinajstić information content (AvgIpc) is 2.72. The summed E-state index contributed by atoms with van der Waals surface area (Å²) in [6.45, 7) is 8.10. The lowest BCUT2D eigenvalue weighted by Crippen LogP contribution is -2.56. The van der Waals surface area contributed by atoms with Crippen molar-refractivity contribution in [1.29, 1.82) is 0 Å². The Morgan fingerprint density at radius 3 is 2.50 bits per heavy atom. The van der Waals surface area contributed by atoms with E-state index in [4.69, 9.17) is 22.1 Å². The molecule has 2 bridgehead atoms. The maximum atomic E-state index is 12.5. The Morgan fingerprint density at radius 2 is 1.96 bits per heavy atom. The summed E-state index contributed by atoms with van der Waals surface area (Å²) in [5, 5.41) is 0.408. The highest BCUT2D eigenvalue weighted by molar-refractivity contribution is 6.29. The van der Waals surface area contributed by atoms with Crippen LogP contribution >= 0.6 is 11.6 Å². The zero-order valence-electron chi connectivity index (χ0n) is 14.5. The number of anilines is 1. The molecule has 0 saturated carbocycles. The summed E-state index contributed by atoms with van der Waals surface area (Å²) in [6, 6.07) is 4.10. The maximum Gasteiger partial charge on any atom is 0.410 e. The number of rotatable bonds is 2. The van der Waals surface area contributed by atoms with Crippen molar-refractivity contribution in [2.45, 2.75) is 57.8 Å². The Labute approximate surface area is 147 Å². The molecule has 1 aromatic rings. The van der Waals surface area contributed by atoms with Crippen LogP contribution in [0.25, 0.3) is 0 Å². The van der Waals surface area contributed by atoms with E-state index in [1.807, 2.05) is 31.7 Å². The van der Waals surface area contributed by atoms with Crippen molar-refractivity contribution >= 4 is 23.5 Å². The summed E-state index contributed by atoms with van der Waals surface area (Å²) >= 11 is 5.86. The third kappa shape index (κ3) is 3.75. The first-order valence-corrected chi connectivity index (χ1v) is 8.75. The van der Waals surface area contributed by atoms with Crippen LogP contribution < -0.4 is 5.73 Å². The van der Waals surface area contributed by atoms with E-state index < -0.39 is 5.60 Å². The van der Waals surface area contributed by atoms with Gasteiger partial charge in [-0.05, 0) is 39.7 Å². The number of carbonyl (C=O) groups excluding carboxylic acids is 1. The molecule has 2 aliphatic heterocycles. The molecule has 7 heteroatoms. The highest BCUT2D eigenvalue weighted by Gasteiger charge is 2.44. The molecular formula is C17H25ClN4O2. The quantitative estimate of drug-likeness (QED) is 0.828. The molecule has 2 atom stereocenters. The molecule has 1 aromatic heterocycles. The summed E-state index contributed by atoms with van der Waals surface area (Å²) in [5.74, 6) is 0.476. The van der Waals surface area contributed by atoms with Gasteiger partial charge in [0.2, 0.25) is 0 Å². The zero-order valence-corrected chi connectivity index (χ0v) is 15.2. The Balaban J connectivity index is 1.66. The fraction of sp³-hybridized carbons (Fsp3) is 0.647. The molecule has 24 heavy (non-hydrogen) atoms. The fourth-order valence-electron chi connectivity index (χ4n) is 3.59. The number of hydrogen-bond donors (Lipinski definition) is 1. The lowest BCUT2D eigenvalue weighted by Gasteiger charge is -2.41. The van der Waals surface area contributed by atoms with Gasteiger partial charge in [0.25, 0.3) is 0 Å². The van der Waals surface area contributed by atoms with Crippen LogP contribution in [-0.2, 0) is 11.3 Å². The van der Waals surface area contributed by atoms with Crippen molar-refractivity contribution in [1.82, 2.24) is 14.8 Å². The monoisotopic (exact) mass is 352 g/mol. The maximum absolute atomic E-state index is 12.5. The van der Waals surface area contributed by atoms with E-state index in [-0.39, 0.29) is 18.2 Å². The van der Waals surface area contributed by atoms with Gasteiger partial charge in [0.05, 0.1) is 0 Å². The third-order valence-electron chi connectivity index (χ3n) is 4.53. The number of ether oxygens (including phenoxy) is 1.